The van der Waals surface area contributed by atoms with E-state index in [0.717, 1.165) is 18.1 Å². The highest BCUT2D eigenvalue weighted by molar-refractivity contribution is 7.99. The zero-order chi connectivity index (χ0) is 10.3. The predicted molar refractivity (Wildman–Crippen MR) is 66.5 cm³/mol. The fourth-order valence-corrected chi connectivity index (χ4v) is 4.74. The monoisotopic (exact) mass is 226 g/mol. The molecule has 3 fully saturated rings. The molecule has 2 nitrogen and oxygen atoms in total. The molecular formula is C12H22N2S. The van der Waals surface area contributed by atoms with E-state index in [9.17, 15) is 0 Å². The second-order valence-corrected chi connectivity index (χ2v) is 6.50. The van der Waals surface area contributed by atoms with Gasteiger partial charge in [0.1, 0.15) is 0 Å². The average Bonchev–Trinajstić information content (AvgIpc) is 2.85. The van der Waals surface area contributed by atoms with Gasteiger partial charge in [-0.15, -0.1) is 0 Å². The standard InChI is InChI=1S/C12H22N2S/c1-10-7-13-5-2-3-11(13)8-14(10)12-4-6-15-9-12/h10-12H,2-9H2,1H3. The Hall–Kier alpha value is 0.270. The Kier molecular flexibility index (Phi) is 2.97. The lowest BCUT2D eigenvalue weighted by Crippen LogP contribution is -2.58. The maximum absolute atomic E-state index is 2.81. The van der Waals surface area contributed by atoms with E-state index in [1.165, 1.54) is 50.4 Å². The fraction of sp³-hybridized carbons (Fsp3) is 1.00. The first-order valence-corrected chi connectivity index (χ1v) is 7.57. The summed E-state index contributed by atoms with van der Waals surface area (Å²) in [6, 6.07) is 2.59. The molecule has 0 saturated carbocycles. The van der Waals surface area contributed by atoms with Crippen LogP contribution in [0.15, 0.2) is 0 Å². The fourth-order valence-electron chi connectivity index (χ4n) is 3.50. The number of rotatable bonds is 1. The van der Waals surface area contributed by atoms with Gasteiger partial charge in [-0.25, -0.2) is 0 Å². The Morgan fingerprint density at radius 2 is 2.07 bits per heavy atom. The van der Waals surface area contributed by atoms with Crippen LogP contribution in [0.2, 0.25) is 0 Å². The SMILES string of the molecule is CC1CN2CCCC2CN1C1CCSC1. The molecule has 3 atom stereocenters. The van der Waals surface area contributed by atoms with Gasteiger partial charge >= 0.3 is 0 Å². The van der Waals surface area contributed by atoms with E-state index in [1.807, 2.05) is 0 Å². The molecule has 0 aromatic carbocycles. The van der Waals surface area contributed by atoms with E-state index in [-0.39, 0.29) is 0 Å². The number of hydrogen-bond donors (Lipinski definition) is 0. The van der Waals surface area contributed by atoms with Gasteiger partial charge in [0.2, 0.25) is 0 Å². The zero-order valence-corrected chi connectivity index (χ0v) is 10.5. The van der Waals surface area contributed by atoms with E-state index < -0.39 is 0 Å². The van der Waals surface area contributed by atoms with Crippen molar-refractivity contribution in [3.8, 4) is 0 Å². The molecule has 0 aromatic rings. The Bertz CT molecular complexity index is 228. The van der Waals surface area contributed by atoms with Crippen molar-refractivity contribution in [2.75, 3.05) is 31.1 Å². The van der Waals surface area contributed by atoms with Crippen LogP contribution in [0.5, 0.6) is 0 Å². The summed E-state index contributed by atoms with van der Waals surface area (Å²) in [6.45, 7) is 6.47. The van der Waals surface area contributed by atoms with Crippen LogP contribution in [0.1, 0.15) is 26.2 Å². The number of nitrogens with zero attached hydrogens (tertiary/aromatic N) is 2. The van der Waals surface area contributed by atoms with Crippen molar-refractivity contribution in [1.82, 2.24) is 9.80 Å². The van der Waals surface area contributed by atoms with E-state index in [4.69, 9.17) is 0 Å². The quantitative estimate of drug-likeness (QED) is 0.671. The number of fused-ring (bicyclic) bond motifs is 1. The first-order valence-electron chi connectivity index (χ1n) is 6.42. The summed E-state index contributed by atoms with van der Waals surface area (Å²) in [5.41, 5.74) is 0. The molecule has 3 unspecified atom stereocenters. The van der Waals surface area contributed by atoms with Crippen LogP contribution in [-0.4, -0.2) is 59.1 Å². The Morgan fingerprint density at radius 1 is 1.13 bits per heavy atom. The lowest BCUT2D eigenvalue weighted by molar-refractivity contribution is 0.0352. The number of hydrogen-bond acceptors (Lipinski definition) is 3. The third kappa shape index (κ3) is 1.94. The minimum absolute atomic E-state index is 0.794. The molecule has 0 spiro atoms. The summed E-state index contributed by atoms with van der Waals surface area (Å²) in [7, 11) is 0. The van der Waals surface area contributed by atoms with Crippen LogP contribution in [0.25, 0.3) is 0 Å². The van der Waals surface area contributed by atoms with Crippen molar-refractivity contribution in [2.24, 2.45) is 0 Å². The molecule has 3 heteroatoms. The van der Waals surface area contributed by atoms with Gasteiger partial charge in [0, 0.05) is 37.0 Å². The molecule has 3 saturated heterocycles. The predicted octanol–water partition coefficient (Wildman–Crippen LogP) is 1.66. The molecule has 0 amide bonds. The average molecular weight is 226 g/mol. The molecule has 0 aromatic heterocycles. The van der Waals surface area contributed by atoms with Gasteiger partial charge in [-0.1, -0.05) is 0 Å². The second kappa shape index (κ2) is 4.27. The molecule has 0 N–H and O–H groups in total. The smallest absolute Gasteiger partial charge is 0.0224 e. The zero-order valence-electron chi connectivity index (χ0n) is 9.69. The van der Waals surface area contributed by atoms with Crippen molar-refractivity contribution in [2.45, 2.75) is 44.3 Å². The summed E-state index contributed by atoms with van der Waals surface area (Å²) in [6.07, 6.45) is 4.31. The molecule has 0 radical (unpaired) electrons. The Labute approximate surface area is 97.4 Å². The van der Waals surface area contributed by atoms with Crippen molar-refractivity contribution in [3.05, 3.63) is 0 Å². The van der Waals surface area contributed by atoms with Gasteiger partial charge in [-0.2, -0.15) is 11.8 Å². The molecule has 0 bridgehead atoms. The van der Waals surface area contributed by atoms with Gasteiger partial charge in [0.05, 0.1) is 0 Å². The Morgan fingerprint density at radius 3 is 2.87 bits per heavy atom. The van der Waals surface area contributed by atoms with Gasteiger partial charge in [-0.05, 0) is 38.5 Å². The Balaban J connectivity index is 1.67. The lowest BCUT2D eigenvalue weighted by atomic mass is 10.0. The summed E-state index contributed by atoms with van der Waals surface area (Å²) < 4.78 is 0. The first-order chi connectivity index (χ1) is 7.34. The van der Waals surface area contributed by atoms with Crippen molar-refractivity contribution in [3.63, 3.8) is 0 Å². The second-order valence-electron chi connectivity index (χ2n) is 5.35. The van der Waals surface area contributed by atoms with Crippen molar-refractivity contribution >= 4 is 11.8 Å². The number of piperazine rings is 1. The molecule has 3 aliphatic heterocycles. The van der Waals surface area contributed by atoms with Crippen molar-refractivity contribution < 1.29 is 0 Å². The number of thioether (sulfide) groups is 1. The van der Waals surface area contributed by atoms with Gasteiger partial charge in [0.25, 0.3) is 0 Å². The highest BCUT2D eigenvalue weighted by Gasteiger charge is 2.37. The maximum atomic E-state index is 2.81. The van der Waals surface area contributed by atoms with Crippen LogP contribution >= 0.6 is 11.8 Å². The van der Waals surface area contributed by atoms with Crippen LogP contribution in [0, 0.1) is 0 Å². The van der Waals surface area contributed by atoms with Crippen molar-refractivity contribution in [1.29, 1.82) is 0 Å². The van der Waals surface area contributed by atoms with Gasteiger partial charge in [-0.3, -0.25) is 9.80 Å². The molecule has 3 rings (SSSR count). The molecule has 3 heterocycles. The van der Waals surface area contributed by atoms with Crippen LogP contribution in [0.3, 0.4) is 0 Å². The third-order valence-corrected chi connectivity index (χ3v) is 5.51. The first kappa shape index (κ1) is 10.4. The molecule has 86 valence electrons. The summed E-state index contributed by atoms with van der Waals surface area (Å²) >= 11 is 2.15. The maximum Gasteiger partial charge on any atom is 0.0224 e. The molecule has 15 heavy (non-hydrogen) atoms. The van der Waals surface area contributed by atoms with Gasteiger partial charge in [0.15, 0.2) is 0 Å². The summed E-state index contributed by atoms with van der Waals surface area (Å²) in [5.74, 6) is 2.78. The summed E-state index contributed by atoms with van der Waals surface area (Å²) in [5, 5.41) is 0. The molecule has 0 aliphatic carbocycles. The topological polar surface area (TPSA) is 6.48 Å². The highest BCUT2D eigenvalue weighted by atomic mass is 32.2. The minimum atomic E-state index is 0.794. The van der Waals surface area contributed by atoms with Crippen LogP contribution in [-0.2, 0) is 0 Å². The normalized spacial score (nSPS) is 43.4. The highest BCUT2D eigenvalue weighted by Crippen LogP contribution is 2.30. The lowest BCUT2D eigenvalue weighted by Gasteiger charge is -2.45. The molecular weight excluding hydrogens is 204 g/mol. The van der Waals surface area contributed by atoms with E-state index in [1.54, 1.807) is 0 Å². The third-order valence-electron chi connectivity index (χ3n) is 4.36. The van der Waals surface area contributed by atoms with E-state index >= 15 is 0 Å². The van der Waals surface area contributed by atoms with Crippen LogP contribution < -0.4 is 0 Å². The minimum Gasteiger partial charge on any atom is -0.298 e. The van der Waals surface area contributed by atoms with E-state index in [0.29, 0.717) is 0 Å². The van der Waals surface area contributed by atoms with Crippen LogP contribution in [0.4, 0.5) is 0 Å². The summed E-state index contributed by atoms with van der Waals surface area (Å²) in [4.78, 5) is 5.54. The molecule has 3 aliphatic rings. The van der Waals surface area contributed by atoms with Gasteiger partial charge < -0.3 is 0 Å². The largest absolute Gasteiger partial charge is 0.298 e. The van der Waals surface area contributed by atoms with E-state index in [2.05, 4.69) is 28.5 Å².